The molecule has 0 spiro atoms. The van der Waals surface area contributed by atoms with Gasteiger partial charge in [0.1, 0.15) is 5.82 Å². The molecular weight excluding hydrogens is 290 g/mol. The van der Waals surface area contributed by atoms with E-state index in [0.717, 1.165) is 6.07 Å². The van der Waals surface area contributed by atoms with Crippen molar-refractivity contribution in [2.75, 3.05) is 0 Å². The molecule has 0 unspecified atom stereocenters. The van der Waals surface area contributed by atoms with Crippen LogP contribution >= 0.6 is 15.9 Å². The molecule has 1 aromatic carbocycles. The van der Waals surface area contributed by atoms with Gasteiger partial charge >= 0.3 is 6.18 Å². The smallest absolute Gasteiger partial charge is 0.206 e. The van der Waals surface area contributed by atoms with Crippen LogP contribution in [0.25, 0.3) is 0 Å². The van der Waals surface area contributed by atoms with Gasteiger partial charge in [-0.2, -0.15) is 13.2 Å². The van der Waals surface area contributed by atoms with Crippen molar-refractivity contribution in [1.29, 1.82) is 0 Å². The zero-order valence-corrected chi connectivity index (χ0v) is 8.46. The average Bonchev–Trinajstić information content (AvgIpc) is 2.05. The zero-order chi connectivity index (χ0) is 11.8. The van der Waals surface area contributed by atoms with Crippen molar-refractivity contribution in [3.05, 3.63) is 33.5 Å². The highest BCUT2D eigenvalue weighted by Crippen LogP contribution is 2.41. The van der Waals surface area contributed by atoms with Crippen LogP contribution in [-0.4, -0.2) is 0 Å². The van der Waals surface area contributed by atoms with E-state index >= 15 is 0 Å². The van der Waals surface area contributed by atoms with Crippen molar-refractivity contribution < 1.29 is 26.3 Å². The monoisotopic (exact) mass is 292 g/mol. The summed E-state index contributed by atoms with van der Waals surface area (Å²) >= 11 is 2.47. The lowest BCUT2D eigenvalue weighted by molar-refractivity contribution is -0.140. The Morgan fingerprint density at radius 1 is 1.13 bits per heavy atom. The maximum atomic E-state index is 12.8. The van der Waals surface area contributed by atoms with Crippen molar-refractivity contribution >= 4 is 15.9 Å². The molecule has 0 amide bonds. The van der Waals surface area contributed by atoms with Gasteiger partial charge in [-0.25, -0.2) is 13.2 Å². The Kier molecular flexibility index (Phi) is 3.32. The van der Waals surface area contributed by atoms with Crippen LogP contribution in [0.15, 0.2) is 16.6 Å². The fourth-order valence-electron chi connectivity index (χ4n) is 1.07. The second-order valence-corrected chi connectivity index (χ2v) is 3.47. The maximum absolute atomic E-state index is 12.8. The molecule has 0 aliphatic rings. The minimum atomic E-state index is -5.02. The van der Waals surface area contributed by atoms with E-state index in [1.54, 1.807) is 0 Å². The summed E-state index contributed by atoms with van der Waals surface area (Å²) in [6, 6.07) is 1.30. The summed E-state index contributed by atoms with van der Waals surface area (Å²) in [5.74, 6) is -1.57. The molecule has 84 valence electrons. The molecule has 0 bridgehead atoms. The summed E-state index contributed by atoms with van der Waals surface area (Å²) in [4.78, 5) is 0. The maximum Gasteiger partial charge on any atom is 0.418 e. The second kappa shape index (κ2) is 4.03. The van der Waals surface area contributed by atoms with Gasteiger partial charge < -0.3 is 0 Å². The molecule has 0 aliphatic heterocycles. The Morgan fingerprint density at radius 2 is 1.67 bits per heavy atom. The van der Waals surface area contributed by atoms with E-state index in [1.165, 1.54) is 0 Å². The van der Waals surface area contributed by atoms with Gasteiger partial charge in [0.25, 0.3) is 6.43 Å². The quantitative estimate of drug-likeness (QED) is 0.667. The largest absolute Gasteiger partial charge is 0.418 e. The Morgan fingerprint density at radius 3 is 2.00 bits per heavy atom. The predicted octanol–water partition coefficient (Wildman–Crippen LogP) is 4.54. The van der Waals surface area contributed by atoms with Gasteiger partial charge in [0.2, 0.25) is 0 Å². The zero-order valence-electron chi connectivity index (χ0n) is 6.88. The topological polar surface area (TPSA) is 0 Å². The Hall–Kier alpha value is -0.720. The summed E-state index contributed by atoms with van der Waals surface area (Å²) in [5.41, 5.74) is -3.30. The molecule has 0 saturated carbocycles. The highest BCUT2D eigenvalue weighted by Gasteiger charge is 2.39. The summed E-state index contributed by atoms with van der Waals surface area (Å²) in [6.45, 7) is 0. The van der Waals surface area contributed by atoms with E-state index < -0.39 is 34.0 Å². The van der Waals surface area contributed by atoms with E-state index in [9.17, 15) is 26.3 Å². The molecular formula is C8H3BrF6. The molecule has 0 heterocycles. The Balaban J connectivity index is 3.53. The molecule has 0 aliphatic carbocycles. The van der Waals surface area contributed by atoms with Gasteiger partial charge in [-0.05, 0) is 12.1 Å². The molecule has 0 N–H and O–H groups in total. The van der Waals surface area contributed by atoms with Crippen LogP contribution in [0.2, 0.25) is 0 Å². The standard InChI is InChI=1S/C8H3BrF6/c9-3-1-2-4(10)5(7(11)12)6(3)8(13,14)15/h1-2,7H. The second-order valence-electron chi connectivity index (χ2n) is 2.62. The van der Waals surface area contributed by atoms with Gasteiger partial charge in [0.15, 0.2) is 0 Å². The van der Waals surface area contributed by atoms with Crippen molar-refractivity contribution in [2.24, 2.45) is 0 Å². The van der Waals surface area contributed by atoms with Gasteiger partial charge in [0.05, 0.1) is 11.1 Å². The van der Waals surface area contributed by atoms with Crippen LogP contribution in [-0.2, 0) is 6.18 Å². The van der Waals surface area contributed by atoms with E-state index in [-0.39, 0.29) is 0 Å². The lowest BCUT2D eigenvalue weighted by Crippen LogP contribution is -2.12. The third-order valence-electron chi connectivity index (χ3n) is 1.64. The summed E-state index contributed by atoms with van der Waals surface area (Å²) < 4.78 is 73.6. The van der Waals surface area contributed by atoms with Crippen LogP contribution in [0.3, 0.4) is 0 Å². The molecule has 0 saturated heterocycles. The first-order valence-electron chi connectivity index (χ1n) is 3.58. The summed E-state index contributed by atoms with van der Waals surface area (Å²) in [6.07, 6.45) is -8.54. The first-order chi connectivity index (χ1) is 6.75. The Bertz CT molecular complexity index is 370. The molecule has 0 atom stereocenters. The minimum Gasteiger partial charge on any atom is -0.206 e. The molecule has 0 radical (unpaired) electrons. The fourth-order valence-corrected chi connectivity index (χ4v) is 1.64. The SMILES string of the molecule is Fc1ccc(Br)c(C(F)(F)F)c1C(F)F. The molecule has 15 heavy (non-hydrogen) atoms. The summed E-state index contributed by atoms with van der Waals surface area (Å²) in [7, 11) is 0. The van der Waals surface area contributed by atoms with Gasteiger partial charge in [-0.1, -0.05) is 15.9 Å². The van der Waals surface area contributed by atoms with E-state index in [0.29, 0.717) is 6.07 Å². The highest BCUT2D eigenvalue weighted by molar-refractivity contribution is 9.10. The predicted molar refractivity (Wildman–Crippen MR) is 44.1 cm³/mol. The number of hydrogen-bond acceptors (Lipinski definition) is 0. The molecule has 1 aromatic rings. The number of rotatable bonds is 1. The van der Waals surface area contributed by atoms with Crippen LogP contribution in [0.4, 0.5) is 26.3 Å². The molecule has 0 nitrogen and oxygen atoms in total. The highest BCUT2D eigenvalue weighted by atomic mass is 79.9. The molecule has 1 rings (SSSR count). The van der Waals surface area contributed by atoms with Crippen molar-refractivity contribution in [3.8, 4) is 0 Å². The normalized spacial score (nSPS) is 12.3. The third kappa shape index (κ3) is 2.45. The number of benzene rings is 1. The number of halogens is 7. The fraction of sp³-hybridized carbons (Fsp3) is 0.250. The van der Waals surface area contributed by atoms with Crippen LogP contribution in [0.1, 0.15) is 17.6 Å². The third-order valence-corrected chi connectivity index (χ3v) is 2.30. The van der Waals surface area contributed by atoms with Crippen molar-refractivity contribution in [2.45, 2.75) is 12.6 Å². The number of alkyl halides is 5. The lowest BCUT2D eigenvalue weighted by Gasteiger charge is -2.14. The average molecular weight is 293 g/mol. The molecule has 0 aromatic heterocycles. The number of hydrogen-bond donors (Lipinski definition) is 0. The van der Waals surface area contributed by atoms with Crippen LogP contribution in [0.5, 0.6) is 0 Å². The minimum absolute atomic E-state index is 0.556. The molecule has 7 heteroatoms. The van der Waals surface area contributed by atoms with Gasteiger partial charge in [-0.3, -0.25) is 0 Å². The first-order valence-corrected chi connectivity index (χ1v) is 4.37. The van der Waals surface area contributed by atoms with Gasteiger partial charge in [0, 0.05) is 4.47 Å². The van der Waals surface area contributed by atoms with Crippen molar-refractivity contribution in [1.82, 2.24) is 0 Å². The van der Waals surface area contributed by atoms with Crippen LogP contribution < -0.4 is 0 Å². The summed E-state index contributed by atoms with van der Waals surface area (Å²) in [5, 5.41) is 0. The van der Waals surface area contributed by atoms with E-state index in [2.05, 4.69) is 15.9 Å². The van der Waals surface area contributed by atoms with E-state index in [1.807, 2.05) is 0 Å². The van der Waals surface area contributed by atoms with Crippen molar-refractivity contribution in [3.63, 3.8) is 0 Å². The van der Waals surface area contributed by atoms with Gasteiger partial charge in [-0.15, -0.1) is 0 Å². The lowest BCUT2D eigenvalue weighted by atomic mass is 10.1. The Labute approximate surface area is 89.0 Å². The molecule has 0 fully saturated rings. The van der Waals surface area contributed by atoms with E-state index in [4.69, 9.17) is 0 Å². The van der Waals surface area contributed by atoms with Crippen LogP contribution in [0, 0.1) is 5.82 Å². The first kappa shape index (κ1) is 12.4.